The van der Waals surface area contributed by atoms with Gasteiger partial charge >= 0.3 is 0 Å². The van der Waals surface area contributed by atoms with Gasteiger partial charge in [0.25, 0.3) is 0 Å². The lowest BCUT2D eigenvalue weighted by Crippen LogP contribution is -1.90. The first-order valence-electron chi connectivity index (χ1n) is 3.91. The van der Waals surface area contributed by atoms with Crippen molar-refractivity contribution in [3.63, 3.8) is 0 Å². The molecule has 2 aromatic rings. The van der Waals surface area contributed by atoms with Gasteiger partial charge in [-0.2, -0.15) is 0 Å². The molecule has 0 atom stereocenters. The molecule has 0 amide bonds. The van der Waals surface area contributed by atoms with Gasteiger partial charge in [-0.3, -0.25) is 4.40 Å². The third-order valence-corrected chi connectivity index (χ3v) is 4.10. The largest absolute Gasteiger partial charge is 0.290 e. The van der Waals surface area contributed by atoms with Gasteiger partial charge in [0.05, 0.1) is 5.69 Å². The van der Waals surface area contributed by atoms with E-state index < -0.39 is 0 Å². The third-order valence-electron chi connectivity index (χ3n) is 2.14. The summed E-state index contributed by atoms with van der Waals surface area (Å²) < 4.78 is 4.14. The van der Waals surface area contributed by atoms with Gasteiger partial charge in [-0.25, -0.2) is 4.98 Å². The molecular weight excluding hydrogens is 296 g/mol. The van der Waals surface area contributed by atoms with Crippen molar-refractivity contribution in [1.82, 2.24) is 9.38 Å². The van der Waals surface area contributed by atoms with E-state index in [0.29, 0.717) is 0 Å². The van der Waals surface area contributed by atoms with Crippen molar-refractivity contribution in [2.75, 3.05) is 0 Å². The van der Waals surface area contributed by atoms with Gasteiger partial charge in [-0.15, -0.1) is 0 Å². The molecule has 0 N–H and O–H groups in total. The normalized spacial score (nSPS) is 11.1. The van der Waals surface area contributed by atoms with Crippen LogP contribution in [0.1, 0.15) is 11.4 Å². The van der Waals surface area contributed by atoms with Crippen LogP contribution in [0.5, 0.6) is 0 Å². The van der Waals surface area contributed by atoms with Crippen molar-refractivity contribution in [3.05, 3.63) is 32.6 Å². The lowest BCUT2D eigenvalue weighted by atomic mass is 10.4. The standard InChI is InChI=1S/C9H8Br2N2/c1-5-6(2)13-8(12-5)4-3-7(10)9(13)11/h3-4H,1-2H3. The first kappa shape index (κ1) is 9.21. The minimum absolute atomic E-state index is 0.977. The Balaban J connectivity index is 2.97. The van der Waals surface area contributed by atoms with Crippen molar-refractivity contribution in [2.24, 2.45) is 0 Å². The molecule has 2 heterocycles. The summed E-state index contributed by atoms with van der Waals surface area (Å²) in [6.45, 7) is 4.08. The monoisotopic (exact) mass is 302 g/mol. The number of halogens is 2. The quantitative estimate of drug-likeness (QED) is 0.681. The zero-order valence-electron chi connectivity index (χ0n) is 7.31. The van der Waals surface area contributed by atoms with Crippen LogP contribution in [-0.2, 0) is 0 Å². The summed E-state index contributed by atoms with van der Waals surface area (Å²) >= 11 is 6.99. The number of rotatable bonds is 0. The molecule has 0 radical (unpaired) electrons. The highest BCUT2D eigenvalue weighted by atomic mass is 79.9. The average molecular weight is 304 g/mol. The lowest BCUT2D eigenvalue weighted by molar-refractivity contribution is 1.05. The Morgan fingerprint density at radius 2 is 1.92 bits per heavy atom. The van der Waals surface area contributed by atoms with E-state index in [2.05, 4.69) is 48.2 Å². The van der Waals surface area contributed by atoms with E-state index in [1.165, 1.54) is 5.69 Å². The lowest BCUT2D eigenvalue weighted by Gasteiger charge is -2.02. The third kappa shape index (κ3) is 1.32. The fourth-order valence-corrected chi connectivity index (χ4v) is 2.21. The number of pyridine rings is 1. The average Bonchev–Trinajstić information content (AvgIpc) is 2.37. The van der Waals surface area contributed by atoms with Crippen LogP contribution in [0.3, 0.4) is 0 Å². The molecule has 0 unspecified atom stereocenters. The molecule has 0 spiro atoms. The van der Waals surface area contributed by atoms with Gasteiger partial charge in [0.1, 0.15) is 10.3 Å². The van der Waals surface area contributed by atoms with Crippen molar-refractivity contribution >= 4 is 37.5 Å². The van der Waals surface area contributed by atoms with Crippen LogP contribution in [0.15, 0.2) is 21.2 Å². The maximum Gasteiger partial charge on any atom is 0.138 e. The second kappa shape index (κ2) is 3.10. The predicted molar refractivity (Wildman–Crippen MR) is 60.1 cm³/mol. The van der Waals surface area contributed by atoms with Crippen LogP contribution >= 0.6 is 31.9 Å². The molecule has 0 fully saturated rings. The van der Waals surface area contributed by atoms with Crippen LogP contribution in [0.4, 0.5) is 0 Å². The summed E-state index contributed by atoms with van der Waals surface area (Å²) in [6.07, 6.45) is 0. The van der Waals surface area contributed by atoms with Gasteiger partial charge in [0.2, 0.25) is 0 Å². The summed E-state index contributed by atoms with van der Waals surface area (Å²) in [5, 5.41) is 0. The Morgan fingerprint density at radius 3 is 2.62 bits per heavy atom. The Hall–Kier alpha value is -0.350. The molecule has 4 heteroatoms. The number of aryl methyl sites for hydroxylation is 2. The zero-order chi connectivity index (χ0) is 9.59. The SMILES string of the molecule is Cc1nc2ccc(Br)c(Br)n2c1C. The highest BCUT2D eigenvalue weighted by Gasteiger charge is 2.08. The topological polar surface area (TPSA) is 17.3 Å². The molecule has 0 bridgehead atoms. The Labute approximate surface area is 93.2 Å². The van der Waals surface area contributed by atoms with Crippen LogP contribution < -0.4 is 0 Å². The number of hydrogen-bond acceptors (Lipinski definition) is 1. The van der Waals surface area contributed by atoms with Crippen molar-refractivity contribution in [2.45, 2.75) is 13.8 Å². The number of imidazole rings is 1. The molecule has 0 saturated heterocycles. The van der Waals surface area contributed by atoms with Crippen LogP contribution in [0.2, 0.25) is 0 Å². The van der Waals surface area contributed by atoms with E-state index in [-0.39, 0.29) is 0 Å². The summed E-state index contributed by atoms with van der Waals surface area (Å²) in [5.41, 5.74) is 3.21. The minimum atomic E-state index is 0.977. The zero-order valence-corrected chi connectivity index (χ0v) is 10.5. The summed E-state index contributed by atoms with van der Waals surface area (Å²) in [7, 11) is 0. The second-order valence-electron chi connectivity index (χ2n) is 2.95. The van der Waals surface area contributed by atoms with Crippen LogP contribution in [0.25, 0.3) is 5.65 Å². The first-order chi connectivity index (χ1) is 6.11. The number of nitrogens with zero attached hydrogens (tertiary/aromatic N) is 2. The number of fused-ring (bicyclic) bond motifs is 1. The van der Waals surface area contributed by atoms with E-state index >= 15 is 0 Å². The van der Waals surface area contributed by atoms with Gasteiger partial charge in [0.15, 0.2) is 0 Å². The molecule has 2 rings (SSSR count). The van der Waals surface area contributed by atoms with Crippen molar-refractivity contribution in [3.8, 4) is 0 Å². The molecule has 0 aromatic carbocycles. The van der Waals surface area contributed by atoms with Crippen LogP contribution in [-0.4, -0.2) is 9.38 Å². The van der Waals surface area contributed by atoms with E-state index in [4.69, 9.17) is 0 Å². The van der Waals surface area contributed by atoms with E-state index in [1.807, 2.05) is 19.1 Å². The van der Waals surface area contributed by atoms with E-state index in [1.54, 1.807) is 0 Å². The predicted octanol–water partition coefficient (Wildman–Crippen LogP) is 3.48. The Bertz CT molecular complexity index is 474. The van der Waals surface area contributed by atoms with Crippen molar-refractivity contribution in [1.29, 1.82) is 0 Å². The molecule has 0 saturated carbocycles. The summed E-state index contributed by atoms with van der Waals surface area (Å²) in [4.78, 5) is 4.43. The van der Waals surface area contributed by atoms with Gasteiger partial charge in [0, 0.05) is 10.2 Å². The summed E-state index contributed by atoms with van der Waals surface area (Å²) in [6, 6.07) is 3.99. The molecule has 0 aliphatic heterocycles. The Morgan fingerprint density at radius 1 is 1.23 bits per heavy atom. The Kier molecular flexibility index (Phi) is 2.20. The van der Waals surface area contributed by atoms with Crippen LogP contribution in [0, 0.1) is 13.8 Å². The van der Waals surface area contributed by atoms with Gasteiger partial charge in [-0.05, 0) is 57.8 Å². The highest BCUT2D eigenvalue weighted by Crippen LogP contribution is 2.26. The molecular formula is C9H8Br2N2. The molecule has 0 aliphatic carbocycles. The van der Waals surface area contributed by atoms with Crippen molar-refractivity contribution < 1.29 is 0 Å². The fourth-order valence-electron chi connectivity index (χ4n) is 1.32. The van der Waals surface area contributed by atoms with E-state index in [0.717, 1.165) is 20.4 Å². The number of aromatic nitrogens is 2. The molecule has 13 heavy (non-hydrogen) atoms. The van der Waals surface area contributed by atoms with E-state index in [9.17, 15) is 0 Å². The van der Waals surface area contributed by atoms with Gasteiger partial charge < -0.3 is 0 Å². The maximum absolute atomic E-state index is 4.43. The molecule has 68 valence electrons. The summed E-state index contributed by atoms with van der Waals surface area (Å²) in [5.74, 6) is 0. The number of hydrogen-bond donors (Lipinski definition) is 0. The molecule has 2 nitrogen and oxygen atoms in total. The van der Waals surface area contributed by atoms with Gasteiger partial charge in [-0.1, -0.05) is 0 Å². The first-order valence-corrected chi connectivity index (χ1v) is 5.49. The molecule has 0 aliphatic rings. The maximum atomic E-state index is 4.43. The second-order valence-corrected chi connectivity index (χ2v) is 4.55. The molecule has 2 aromatic heterocycles. The fraction of sp³-hybridized carbons (Fsp3) is 0.222. The minimum Gasteiger partial charge on any atom is -0.290 e. The smallest absolute Gasteiger partial charge is 0.138 e. The highest BCUT2D eigenvalue weighted by molar-refractivity contribution is 9.13.